The van der Waals surface area contributed by atoms with Crippen molar-refractivity contribution in [2.24, 2.45) is 0 Å². The Morgan fingerprint density at radius 2 is 1.16 bits per heavy atom. The largest absolute Gasteiger partial charge is 0.530 e. The second-order valence-corrected chi connectivity index (χ2v) is 11.6. The summed E-state index contributed by atoms with van der Waals surface area (Å²) in [6, 6.07) is 20.7. The maximum absolute atomic E-state index is 6.70. The summed E-state index contributed by atoms with van der Waals surface area (Å²) in [5, 5.41) is 0. The molecular formula is C28H33O3P. The average molecular weight is 449 g/mol. The zero-order valence-electron chi connectivity index (χ0n) is 20.2. The van der Waals surface area contributed by atoms with Crippen LogP contribution in [0.1, 0.15) is 69.4 Å². The van der Waals surface area contributed by atoms with Crippen LogP contribution in [0.15, 0.2) is 60.7 Å². The Hall–Kier alpha value is -2.51. The van der Waals surface area contributed by atoms with Gasteiger partial charge in [-0.05, 0) is 41.0 Å². The molecule has 168 valence electrons. The number of benzene rings is 3. The lowest BCUT2D eigenvalue weighted by molar-refractivity contribution is 0.370. The molecule has 0 spiro atoms. The highest BCUT2D eigenvalue weighted by atomic mass is 31.2. The minimum atomic E-state index is -1.70. The lowest BCUT2D eigenvalue weighted by Crippen LogP contribution is -2.20. The third-order valence-electron chi connectivity index (χ3n) is 5.69. The Kier molecular flexibility index (Phi) is 5.98. The molecule has 0 atom stereocenters. The monoisotopic (exact) mass is 448 g/mol. The maximum atomic E-state index is 6.70. The Morgan fingerprint density at radius 1 is 0.719 bits per heavy atom. The number of aryl methyl sites for hydroxylation is 1. The van der Waals surface area contributed by atoms with Gasteiger partial charge in [0.2, 0.25) is 0 Å². The van der Waals surface area contributed by atoms with Gasteiger partial charge in [-0.25, -0.2) is 0 Å². The Labute approximate surface area is 193 Å². The summed E-state index contributed by atoms with van der Waals surface area (Å²) in [6.07, 6.45) is 0.764. The molecule has 4 heteroatoms. The van der Waals surface area contributed by atoms with Crippen molar-refractivity contribution in [2.45, 2.75) is 65.7 Å². The molecule has 0 radical (unpaired) electrons. The van der Waals surface area contributed by atoms with Gasteiger partial charge >= 0.3 is 8.60 Å². The molecule has 0 saturated heterocycles. The van der Waals surface area contributed by atoms with Crippen molar-refractivity contribution in [3.05, 3.63) is 88.5 Å². The Morgan fingerprint density at radius 3 is 1.59 bits per heavy atom. The van der Waals surface area contributed by atoms with Crippen LogP contribution in [0.3, 0.4) is 0 Å². The second kappa shape index (κ2) is 8.45. The topological polar surface area (TPSA) is 27.7 Å². The highest BCUT2D eigenvalue weighted by Crippen LogP contribution is 2.51. The van der Waals surface area contributed by atoms with Crippen molar-refractivity contribution >= 4 is 8.60 Å². The summed E-state index contributed by atoms with van der Waals surface area (Å²) in [6.45, 7) is 15.5. The Balaban J connectivity index is 1.83. The van der Waals surface area contributed by atoms with Gasteiger partial charge in [-0.2, -0.15) is 0 Å². The normalized spacial score (nSPS) is 14.3. The van der Waals surface area contributed by atoms with E-state index in [1.54, 1.807) is 0 Å². The summed E-state index contributed by atoms with van der Waals surface area (Å²) in [4.78, 5) is 0. The fraction of sp³-hybridized carbons (Fsp3) is 0.357. The summed E-state index contributed by atoms with van der Waals surface area (Å²) >= 11 is 0. The molecule has 0 N–H and O–H groups in total. The molecular weight excluding hydrogens is 415 g/mol. The number of para-hydroxylation sites is 2. The van der Waals surface area contributed by atoms with Gasteiger partial charge < -0.3 is 13.6 Å². The van der Waals surface area contributed by atoms with Crippen LogP contribution in [0.5, 0.6) is 17.2 Å². The van der Waals surface area contributed by atoms with Crippen molar-refractivity contribution in [2.75, 3.05) is 0 Å². The minimum Gasteiger partial charge on any atom is -0.408 e. The van der Waals surface area contributed by atoms with Crippen LogP contribution in [0.25, 0.3) is 0 Å². The highest BCUT2D eigenvalue weighted by molar-refractivity contribution is 7.43. The summed E-state index contributed by atoms with van der Waals surface area (Å²) in [5.41, 5.74) is 5.66. The number of rotatable bonds is 2. The summed E-state index contributed by atoms with van der Waals surface area (Å²) in [5.74, 6) is 2.50. The first kappa shape index (κ1) is 22.7. The molecule has 0 bridgehead atoms. The van der Waals surface area contributed by atoms with Crippen molar-refractivity contribution in [3.8, 4) is 17.2 Å². The van der Waals surface area contributed by atoms with E-state index in [1.807, 2.05) is 36.4 Å². The predicted molar refractivity (Wildman–Crippen MR) is 133 cm³/mol. The van der Waals surface area contributed by atoms with Crippen molar-refractivity contribution < 1.29 is 13.6 Å². The molecule has 3 aromatic carbocycles. The quantitative estimate of drug-likeness (QED) is 0.369. The third-order valence-corrected chi connectivity index (χ3v) is 6.71. The van der Waals surface area contributed by atoms with E-state index in [2.05, 4.69) is 72.7 Å². The van der Waals surface area contributed by atoms with E-state index in [-0.39, 0.29) is 10.8 Å². The smallest absolute Gasteiger partial charge is 0.408 e. The maximum Gasteiger partial charge on any atom is 0.530 e. The molecule has 3 nitrogen and oxygen atoms in total. The minimum absolute atomic E-state index is 0.0881. The van der Waals surface area contributed by atoms with Gasteiger partial charge in [-0.15, -0.1) is 0 Å². The summed E-state index contributed by atoms with van der Waals surface area (Å²) < 4.78 is 19.5. The molecule has 1 heterocycles. The fourth-order valence-electron chi connectivity index (χ4n) is 3.96. The van der Waals surface area contributed by atoms with Crippen LogP contribution in [0.2, 0.25) is 0 Å². The SMILES string of the molecule is Cc1cc(C(C)(C)C)c(OP2Oc3ccccc3Cc3ccccc3O2)c(C(C)(C)C)c1. The summed E-state index contributed by atoms with van der Waals surface area (Å²) in [7, 11) is -1.70. The molecule has 32 heavy (non-hydrogen) atoms. The zero-order chi connectivity index (χ0) is 23.1. The van der Waals surface area contributed by atoms with Crippen LogP contribution < -0.4 is 13.6 Å². The van der Waals surface area contributed by atoms with Crippen LogP contribution in [-0.2, 0) is 17.3 Å². The molecule has 0 fully saturated rings. The molecule has 0 aliphatic carbocycles. The van der Waals surface area contributed by atoms with Gasteiger partial charge in [-0.1, -0.05) is 95.6 Å². The van der Waals surface area contributed by atoms with E-state index in [0.29, 0.717) is 0 Å². The van der Waals surface area contributed by atoms with Gasteiger partial charge in [-0.3, -0.25) is 0 Å². The van der Waals surface area contributed by atoms with Crippen molar-refractivity contribution in [3.63, 3.8) is 0 Å². The fourth-order valence-corrected chi connectivity index (χ4v) is 5.09. The van der Waals surface area contributed by atoms with Gasteiger partial charge in [0.05, 0.1) is 0 Å². The molecule has 1 aliphatic heterocycles. The molecule has 1 aliphatic rings. The number of hydrogen-bond acceptors (Lipinski definition) is 3. The lowest BCUT2D eigenvalue weighted by Gasteiger charge is -2.32. The molecule has 4 rings (SSSR count). The first-order valence-corrected chi connectivity index (χ1v) is 12.3. The third kappa shape index (κ3) is 4.79. The van der Waals surface area contributed by atoms with Gasteiger partial charge in [0.1, 0.15) is 17.2 Å². The van der Waals surface area contributed by atoms with E-state index in [9.17, 15) is 0 Å². The first-order valence-electron chi connectivity index (χ1n) is 11.2. The van der Waals surface area contributed by atoms with E-state index in [4.69, 9.17) is 13.6 Å². The first-order chi connectivity index (χ1) is 15.0. The molecule has 3 aromatic rings. The van der Waals surface area contributed by atoms with Gasteiger partial charge in [0.15, 0.2) is 0 Å². The van der Waals surface area contributed by atoms with E-state index in [0.717, 1.165) is 34.8 Å². The molecule has 0 amide bonds. The molecule has 0 unspecified atom stereocenters. The van der Waals surface area contributed by atoms with Crippen LogP contribution in [0.4, 0.5) is 0 Å². The van der Waals surface area contributed by atoms with Crippen LogP contribution in [-0.4, -0.2) is 0 Å². The van der Waals surface area contributed by atoms with E-state index < -0.39 is 8.60 Å². The molecule has 0 saturated carbocycles. The van der Waals surface area contributed by atoms with Gasteiger partial charge in [0.25, 0.3) is 0 Å². The number of hydrogen-bond donors (Lipinski definition) is 0. The molecule has 0 aromatic heterocycles. The highest BCUT2D eigenvalue weighted by Gasteiger charge is 2.32. The van der Waals surface area contributed by atoms with Crippen molar-refractivity contribution in [1.29, 1.82) is 0 Å². The lowest BCUT2D eigenvalue weighted by atomic mass is 9.78. The van der Waals surface area contributed by atoms with Crippen LogP contribution in [0, 0.1) is 6.92 Å². The average Bonchev–Trinajstić information content (AvgIpc) is 2.68. The van der Waals surface area contributed by atoms with E-state index >= 15 is 0 Å². The van der Waals surface area contributed by atoms with Crippen LogP contribution >= 0.6 is 8.60 Å². The Bertz CT molecular complexity index is 1040. The zero-order valence-corrected chi connectivity index (χ0v) is 21.0. The predicted octanol–water partition coefficient (Wildman–Crippen LogP) is 8.26. The second-order valence-electron chi connectivity index (χ2n) is 10.6. The standard InChI is InChI=1S/C28H33O3P/c1-19-16-22(27(2,3)4)26(23(17-19)28(5,6)7)31-32-29-24-14-10-8-12-20(24)18-21-13-9-11-15-25(21)30-32/h8-17H,18H2,1-7H3. The van der Waals surface area contributed by atoms with Crippen molar-refractivity contribution in [1.82, 2.24) is 0 Å². The van der Waals surface area contributed by atoms with E-state index in [1.165, 1.54) is 16.7 Å². The number of fused-ring (bicyclic) bond motifs is 2. The van der Waals surface area contributed by atoms with Gasteiger partial charge in [0, 0.05) is 17.5 Å².